The molecule has 0 atom stereocenters. The number of H-pyrrole nitrogens is 1. The Labute approximate surface area is 141 Å². The van der Waals surface area contributed by atoms with Gasteiger partial charge in [0.15, 0.2) is 0 Å². The van der Waals surface area contributed by atoms with Crippen LogP contribution in [0.1, 0.15) is 19.4 Å². The van der Waals surface area contributed by atoms with Gasteiger partial charge in [-0.3, -0.25) is 0 Å². The maximum atomic E-state index is 6.25. The fraction of sp³-hybridized carbons (Fsp3) is 0.263. The standard InChI is InChI=1S/C19H20ClNO2/c1-4-22-15-8-14-10-17(13-7-6-12(3)16(20)9-13)21-19(14)18(11-15)23-5-2/h6-11,21H,4-5H2,1-3H3. The van der Waals surface area contributed by atoms with E-state index < -0.39 is 0 Å². The van der Waals surface area contributed by atoms with E-state index in [4.69, 9.17) is 21.1 Å². The summed E-state index contributed by atoms with van der Waals surface area (Å²) >= 11 is 6.25. The van der Waals surface area contributed by atoms with Crippen LogP contribution in [0.4, 0.5) is 0 Å². The van der Waals surface area contributed by atoms with Gasteiger partial charge in [0.05, 0.1) is 18.7 Å². The minimum atomic E-state index is 0.607. The van der Waals surface area contributed by atoms with Crippen LogP contribution >= 0.6 is 11.6 Å². The molecule has 1 heterocycles. The average Bonchev–Trinajstić information content (AvgIpc) is 2.95. The Kier molecular flexibility index (Phi) is 4.49. The highest BCUT2D eigenvalue weighted by Gasteiger charge is 2.11. The molecule has 0 spiro atoms. The highest BCUT2D eigenvalue weighted by Crippen LogP contribution is 2.35. The Morgan fingerprint density at radius 2 is 1.78 bits per heavy atom. The molecule has 120 valence electrons. The monoisotopic (exact) mass is 329 g/mol. The third-order valence-electron chi connectivity index (χ3n) is 3.76. The number of aryl methyl sites for hydroxylation is 1. The Hall–Kier alpha value is -2.13. The minimum absolute atomic E-state index is 0.607. The largest absolute Gasteiger partial charge is 0.494 e. The Bertz CT molecular complexity index is 839. The van der Waals surface area contributed by atoms with Crippen LogP contribution in [0.3, 0.4) is 0 Å². The van der Waals surface area contributed by atoms with Crippen molar-refractivity contribution < 1.29 is 9.47 Å². The number of nitrogens with one attached hydrogen (secondary N) is 1. The Balaban J connectivity index is 2.12. The van der Waals surface area contributed by atoms with Crippen LogP contribution in [0, 0.1) is 6.92 Å². The molecular formula is C19H20ClNO2. The number of halogens is 1. The van der Waals surface area contributed by atoms with Crippen molar-refractivity contribution in [1.82, 2.24) is 4.98 Å². The zero-order valence-electron chi connectivity index (χ0n) is 13.6. The van der Waals surface area contributed by atoms with E-state index in [0.29, 0.717) is 13.2 Å². The number of aromatic amines is 1. The van der Waals surface area contributed by atoms with Crippen molar-refractivity contribution in [2.45, 2.75) is 20.8 Å². The summed E-state index contributed by atoms with van der Waals surface area (Å²) in [6.45, 7) is 7.18. The first kappa shape index (κ1) is 15.8. The molecule has 3 rings (SSSR count). The fourth-order valence-electron chi connectivity index (χ4n) is 2.62. The molecule has 0 aliphatic carbocycles. The van der Waals surface area contributed by atoms with Crippen LogP contribution in [0.2, 0.25) is 5.02 Å². The van der Waals surface area contributed by atoms with E-state index in [1.54, 1.807) is 0 Å². The molecule has 23 heavy (non-hydrogen) atoms. The van der Waals surface area contributed by atoms with Gasteiger partial charge in [0.1, 0.15) is 11.5 Å². The number of benzene rings is 2. The predicted octanol–water partition coefficient (Wildman–Crippen LogP) is 5.59. The van der Waals surface area contributed by atoms with E-state index in [-0.39, 0.29) is 0 Å². The van der Waals surface area contributed by atoms with Crippen molar-refractivity contribution >= 4 is 22.5 Å². The molecule has 0 amide bonds. The lowest BCUT2D eigenvalue weighted by Crippen LogP contribution is -1.95. The van der Waals surface area contributed by atoms with Gasteiger partial charge in [-0.15, -0.1) is 0 Å². The summed E-state index contributed by atoms with van der Waals surface area (Å²) in [5.74, 6) is 1.62. The number of hydrogen-bond donors (Lipinski definition) is 1. The van der Waals surface area contributed by atoms with Crippen molar-refractivity contribution in [2.75, 3.05) is 13.2 Å². The summed E-state index contributed by atoms with van der Waals surface area (Å²) in [6, 6.07) is 12.1. The highest BCUT2D eigenvalue weighted by molar-refractivity contribution is 6.31. The molecule has 3 aromatic rings. The first-order chi connectivity index (χ1) is 11.1. The highest BCUT2D eigenvalue weighted by atomic mass is 35.5. The van der Waals surface area contributed by atoms with Crippen molar-refractivity contribution in [2.24, 2.45) is 0 Å². The van der Waals surface area contributed by atoms with Gasteiger partial charge in [0.25, 0.3) is 0 Å². The molecule has 0 saturated carbocycles. The summed E-state index contributed by atoms with van der Waals surface area (Å²) in [6.07, 6.45) is 0. The second kappa shape index (κ2) is 6.55. The lowest BCUT2D eigenvalue weighted by atomic mass is 10.1. The number of hydrogen-bond acceptors (Lipinski definition) is 2. The zero-order chi connectivity index (χ0) is 16.4. The van der Waals surface area contributed by atoms with Gasteiger partial charge in [-0.05, 0) is 50.1 Å². The smallest absolute Gasteiger partial charge is 0.147 e. The molecule has 2 aromatic carbocycles. The molecule has 0 unspecified atom stereocenters. The average molecular weight is 330 g/mol. The van der Waals surface area contributed by atoms with Crippen molar-refractivity contribution in [3.05, 3.63) is 47.0 Å². The maximum Gasteiger partial charge on any atom is 0.147 e. The second-order valence-corrected chi connectivity index (χ2v) is 5.81. The van der Waals surface area contributed by atoms with Gasteiger partial charge in [0.2, 0.25) is 0 Å². The third-order valence-corrected chi connectivity index (χ3v) is 4.17. The van der Waals surface area contributed by atoms with Crippen LogP contribution in [0.5, 0.6) is 11.5 Å². The molecule has 0 saturated heterocycles. The van der Waals surface area contributed by atoms with E-state index in [2.05, 4.69) is 17.1 Å². The SMILES string of the molecule is CCOc1cc(OCC)c2[nH]c(-c3ccc(C)c(Cl)c3)cc2c1. The molecule has 1 N–H and O–H groups in total. The van der Waals surface area contributed by atoms with Crippen molar-refractivity contribution in [1.29, 1.82) is 0 Å². The van der Waals surface area contributed by atoms with Gasteiger partial charge in [0, 0.05) is 22.2 Å². The summed E-state index contributed by atoms with van der Waals surface area (Å²) < 4.78 is 11.4. The van der Waals surface area contributed by atoms with Crippen LogP contribution in [-0.4, -0.2) is 18.2 Å². The summed E-state index contributed by atoms with van der Waals surface area (Å²) in [7, 11) is 0. The van der Waals surface area contributed by atoms with Crippen LogP contribution < -0.4 is 9.47 Å². The predicted molar refractivity (Wildman–Crippen MR) is 95.8 cm³/mol. The Morgan fingerprint density at radius 1 is 1.00 bits per heavy atom. The normalized spacial score (nSPS) is 11.0. The number of fused-ring (bicyclic) bond motifs is 1. The first-order valence-corrected chi connectivity index (χ1v) is 8.19. The van der Waals surface area contributed by atoms with Gasteiger partial charge in [-0.25, -0.2) is 0 Å². The minimum Gasteiger partial charge on any atom is -0.494 e. The maximum absolute atomic E-state index is 6.25. The molecule has 0 bridgehead atoms. The van der Waals surface area contributed by atoms with Crippen LogP contribution in [0.25, 0.3) is 22.2 Å². The van der Waals surface area contributed by atoms with Gasteiger partial charge in [-0.1, -0.05) is 23.7 Å². The molecule has 3 nitrogen and oxygen atoms in total. The van der Waals surface area contributed by atoms with Crippen molar-refractivity contribution in [3.63, 3.8) is 0 Å². The van der Waals surface area contributed by atoms with Gasteiger partial charge < -0.3 is 14.5 Å². The molecule has 0 aliphatic rings. The van der Waals surface area contributed by atoms with E-state index in [0.717, 1.165) is 44.2 Å². The lowest BCUT2D eigenvalue weighted by molar-refractivity contribution is 0.326. The molecule has 0 aliphatic heterocycles. The molecule has 0 radical (unpaired) electrons. The van der Waals surface area contributed by atoms with Crippen LogP contribution in [0.15, 0.2) is 36.4 Å². The van der Waals surface area contributed by atoms with Gasteiger partial charge >= 0.3 is 0 Å². The van der Waals surface area contributed by atoms with E-state index in [1.807, 2.05) is 45.0 Å². The topological polar surface area (TPSA) is 34.2 Å². The second-order valence-electron chi connectivity index (χ2n) is 5.40. The van der Waals surface area contributed by atoms with E-state index in [9.17, 15) is 0 Å². The zero-order valence-corrected chi connectivity index (χ0v) is 14.3. The third kappa shape index (κ3) is 3.15. The summed E-state index contributed by atoms with van der Waals surface area (Å²) in [4.78, 5) is 3.44. The molecule has 4 heteroatoms. The summed E-state index contributed by atoms with van der Waals surface area (Å²) in [5, 5.41) is 1.83. The number of rotatable bonds is 5. The fourth-order valence-corrected chi connectivity index (χ4v) is 2.80. The molecule has 1 aromatic heterocycles. The molecule has 0 fully saturated rings. The van der Waals surface area contributed by atoms with E-state index >= 15 is 0 Å². The van der Waals surface area contributed by atoms with Gasteiger partial charge in [-0.2, -0.15) is 0 Å². The van der Waals surface area contributed by atoms with E-state index in [1.165, 1.54) is 0 Å². The molecular weight excluding hydrogens is 310 g/mol. The Morgan fingerprint density at radius 3 is 2.48 bits per heavy atom. The van der Waals surface area contributed by atoms with Crippen LogP contribution in [-0.2, 0) is 0 Å². The number of aromatic nitrogens is 1. The lowest BCUT2D eigenvalue weighted by Gasteiger charge is -2.08. The summed E-state index contributed by atoms with van der Waals surface area (Å²) in [5.41, 5.74) is 4.11. The number of ether oxygens (including phenoxy) is 2. The van der Waals surface area contributed by atoms with Crippen molar-refractivity contribution in [3.8, 4) is 22.8 Å². The quantitative estimate of drug-likeness (QED) is 0.661. The first-order valence-electron chi connectivity index (χ1n) is 7.81.